The number of nitrogens with two attached hydrogens (primary N) is 1. The summed E-state index contributed by atoms with van der Waals surface area (Å²) in [5.74, 6) is 1.61. The van der Waals surface area contributed by atoms with Gasteiger partial charge in [-0.15, -0.1) is 11.3 Å². The summed E-state index contributed by atoms with van der Waals surface area (Å²) in [6.07, 6.45) is 2.69. The molecule has 7 heteroatoms. The van der Waals surface area contributed by atoms with Crippen molar-refractivity contribution in [2.75, 3.05) is 19.8 Å². The molecule has 1 aliphatic rings. The van der Waals surface area contributed by atoms with Crippen molar-refractivity contribution in [3.63, 3.8) is 0 Å². The van der Waals surface area contributed by atoms with Gasteiger partial charge in [-0.2, -0.15) is 4.98 Å². The largest absolute Gasteiger partial charge is 0.381 e. The van der Waals surface area contributed by atoms with Crippen molar-refractivity contribution in [1.82, 2.24) is 15.1 Å². The first kappa shape index (κ1) is 12.7. The fraction of sp³-hybridized carbons (Fsp3) is 0.583. The molecule has 102 valence electrons. The topological polar surface area (TPSA) is 87.1 Å². The second kappa shape index (κ2) is 5.77. The molecule has 3 rings (SSSR count). The number of aromatic nitrogens is 3. The Kier molecular flexibility index (Phi) is 3.86. The van der Waals surface area contributed by atoms with Crippen molar-refractivity contribution in [2.24, 2.45) is 5.73 Å². The molecule has 0 saturated carbocycles. The van der Waals surface area contributed by atoms with Crippen LogP contribution in [0.25, 0.3) is 11.6 Å². The molecule has 19 heavy (non-hydrogen) atoms. The molecule has 1 aliphatic heterocycles. The zero-order chi connectivity index (χ0) is 13.1. The van der Waals surface area contributed by atoms with Gasteiger partial charge in [-0.1, -0.05) is 5.16 Å². The third-order valence-electron chi connectivity index (χ3n) is 3.16. The molecule has 1 fully saturated rings. The second-order valence-electron chi connectivity index (χ2n) is 4.51. The van der Waals surface area contributed by atoms with Gasteiger partial charge in [0.25, 0.3) is 5.89 Å². The molecule has 6 nitrogen and oxygen atoms in total. The Morgan fingerprint density at radius 2 is 2.16 bits per heavy atom. The quantitative estimate of drug-likeness (QED) is 0.915. The van der Waals surface area contributed by atoms with Gasteiger partial charge >= 0.3 is 0 Å². The SMILES string of the molecule is NCCc1nc(-c2nc(C3CCOCC3)no2)cs1. The Morgan fingerprint density at radius 3 is 2.95 bits per heavy atom. The van der Waals surface area contributed by atoms with Crippen LogP contribution >= 0.6 is 11.3 Å². The van der Waals surface area contributed by atoms with Gasteiger partial charge in [0.15, 0.2) is 5.82 Å². The van der Waals surface area contributed by atoms with Crippen LogP contribution in [-0.4, -0.2) is 34.9 Å². The minimum absolute atomic E-state index is 0.341. The summed E-state index contributed by atoms with van der Waals surface area (Å²) in [4.78, 5) is 8.90. The fourth-order valence-corrected chi connectivity index (χ4v) is 2.90. The summed E-state index contributed by atoms with van der Waals surface area (Å²) in [5.41, 5.74) is 6.26. The average molecular weight is 280 g/mol. The zero-order valence-electron chi connectivity index (χ0n) is 10.5. The highest BCUT2D eigenvalue weighted by molar-refractivity contribution is 7.09. The number of hydrogen-bond donors (Lipinski definition) is 1. The lowest BCUT2D eigenvalue weighted by Crippen LogP contribution is -2.15. The van der Waals surface area contributed by atoms with Crippen molar-refractivity contribution < 1.29 is 9.26 Å². The van der Waals surface area contributed by atoms with E-state index in [9.17, 15) is 0 Å². The third-order valence-corrected chi connectivity index (χ3v) is 4.07. The normalized spacial score (nSPS) is 16.9. The molecule has 0 aliphatic carbocycles. The lowest BCUT2D eigenvalue weighted by Gasteiger charge is -2.18. The molecule has 1 saturated heterocycles. The molecule has 0 spiro atoms. The van der Waals surface area contributed by atoms with Gasteiger partial charge in [0.1, 0.15) is 5.69 Å². The van der Waals surface area contributed by atoms with Gasteiger partial charge in [0.05, 0.1) is 5.01 Å². The van der Waals surface area contributed by atoms with Crippen LogP contribution in [-0.2, 0) is 11.2 Å². The Labute approximate surface area is 115 Å². The monoisotopic (exact) mass is 280 g/mol. The number of rotatable bonds is 4. The third kappa shape index (κ3) is 2.83. The molecule has 3 heterocycles. The van der Waals surface area contributed by atoms with Crippen molar-refractivity contribution in [3.8, 4) is 11.6 Å². The molecule has 0 atom stereocenters. The van der Waals surface area contributed by atoms with E-state index in [-0.39, 0.29) is 0 Å². The van der Waals surface area contributed by atoms with Crippen LogP contribution in [0.4, 0.5) is 0 Å². The first-order valence-electron chi connectivity index (χ1n) is 6.43. The van der Waals surface area contributed by atoms with Gasteiger partial charge in [0.2, 0.25) is 0 Å². The van der Waals surface area contributed by atoms with Crippen LogP contribution in [0.3, 0.4) is 0 Å². The van der Waals surface area contributed by atoms with E-state index < -0.39 is 0 Å². The molecule has 2 N–H and O–H groups in total. The highest BCUT2D eigenvalue weighted by atomic mass is 32.1. The van der Waals surface area contributed by atoms with E-state index in [2.05, 4.69) is 15.1 Å². The number of thiazole rings is 1. The first-order chi connectivity index (χ1) is 9.36. The first-order valence-corrected chi connectivity index (χ1v) is 7.31. The van der Waals surface area contributed by atoms with Crippen LogP contribution in [0.15, 0.2) is 9.90 Å². The van der Waals surface area contributed by atoms with Crippen LogP contribution in [0.5, 0.6) is 0 Å². The van der Waals surface area contributed by atoms with Crippen LogP contribution in [0.1, 0.15) is 29.6 Å². The lowest BCUT2D eigenvalue weighted by atomic mass is 10.00. The minimum atomic E-state index is 0.341. The molecular weight excluding hydrogens is 264 g/mol. The van der Waals surface area contributed by atoms with Gasteiger partial charge in [-0.05, 0) is 19.4 Å². The average Bonchev–Trinajstić information content (AvgIpc) is 3.08. The Morgan fingerprint density at radius 1 is 1.32 bits per heavy atom. The summed E-state index contributed by atoms with van der Waals surface area (Å²) in [6.45, 7) is 2.14. The van der Waals surface area contributed by atoms with Gasteiger partial charge in [-0.25, -0.2) is 4.98 Å². The summed E-state index contributed by atoms with van der Waals surface area (Å²) in [7, 11) is 0. The second-order valence-corrected chi connectivity index (χ2v) is 5.45. The predicted molar refractivity (Wildman–Crippen MR) is 71.0 cm³/mol. The Bertz CT molecular complexity index is 533. The highest BCUT2D eigenvalue weighted by Gasteiger charge is 2.22. The number of hydrogen-bond acceptors (Lipinski definition) is 7. The maximum absolute atomic E-state index is 5.51. The standard InChI is InChI=1S/C12H16N4O2S/c13-4-1-10-14-9(7-19-10)12-15-11(16-18-12)8-2-5-17-6-3-8/h7-8H,1-6,13H2. The maximum Gasteiger partial charge on any atom is 0.277 e. The van der Waals surface area contributed by atoms with Crippen LogP contribution in [0.2, 0.25) is 0 Å². The van der Waals surface area contributed by atoms with Crippen LogP contribution in [0, 0.1) is 0 Å². The Hall–Kier alpha value is -1.31. The molecule has 2 aromatic heterocycles. The summed E-state index contributed by atoms with van der Waals surface area (Å²) < 4.78 is 10.6. The number of nitrogens with zero attached hydrogens (tertiary/aromatic N) is 3. The molecule has 0 amide bonds. The van der Waals surface area contributed by atoms with E-state index in [0.29, 0.717) is 18.4 Å². The van der Waals surface area contributed by atoms with Gasteiger partial charge < -0.3 is 15.0 Å². The van der Waals surface area contributed by atoms with Gasteiger partial charge in [-0.3, -0.25) is 0 Å². The van der Waals surface area contributed by atoms with E-state index >= 15 is 0 Å². The summed E-state index contributed by atoms with van der Waals surface area (Å²) >= 11 is 1.57. The van der Waals surface area contributed by atoms with Crippen molar-refractivity contribution in [2.45, 2.75) is 25.2 Å². The van der Waals surface area contributed by atoms with Crippen molar-refractivity contribution in [1.29, 1.82) is 0 Å². The predicted octanol–water partition coefficient (Wildman–Crippen LogP) is 1.59. The Balaban J connectivity index is 1.75. The van der Waals surface area contributed by atoms with Crippen LogP contribution < -0.4 is 5.73 Å². The smallest absolute Gasteiger partial charge is 0.277 e. The molecule has 0 unspecified atom stereocenters. The van der Waals surface area contributed by atoms with Crippen molar-refractivity contribution >= 4 is 11.3 Å². The van der Waals surface area contributed by atoms with E-state index in [1.165, 1.54) is 0 Å². The zero-order valence-corrected chi connectivity index (χ0v) is 11.4. The molecule has 0 bridgehead atoms. The van der Waals surface area contributed by atoms with E-state index in [4.69, 9.17) is 15.0 Å². The van der Waals surface area contributed by atoms with E-state index in [1.807, 2.05) is 5.38 Å². The molecule has 2 aromatic rings. The maximum atomic E-state index is 5.51. The minimum Gasteiger partial charge on any atom is -0.381 e. The van der Waals surface area contributed by atoms with Crippen molar-refractivity contribution in [3.05, 3.63) is 16.2 Å². The van der Waals surface area contributed by atoms with E-state index in [0.717, 1.165) is 49.0 Å². The number of ether oxygens (including phenoxy) is 1. The fourth-order valence-electron chi connectivity index (χ4n) is 2.11. The molecule has 0 radical (unpaired) electrons. The van der Waals surface area contributed by atoms with Gasteiger partial charge in [0, 0.05) is 30.9 Å². The molecular formula is C12H16N4O2S. The summed E-state index contributed by atoms with van der Waals surface area (Å²) in [5, 5.41) is 7.01. The molecule has 0 aromatic carbocycles. The highest BCUT2D eigenvalue weighted by Crippen LogP contribution is 2.27. The summed E-state index contributed by atoms with van der Waals surface area (Å²) in [6, 6.07) is 0. The van der Waals surface area contributed by atoms with E-state index in [1.54, 1.807) is 11.3 Å². The lowest BCUT2D eigenvalue weighted by molar-refractivity contribution is 0.0830.